The third-order valence-electron chi connectivity index (χ3n) is 3.29. The number of rotatable bonds is 4. The van der Waals surface area contributed by atoms with E-state index in [1.807, 2.05) is 4.90 Å². The highest BCUT2D eigenvalue weighted by molar-refractivity contribution is 7.99. The molecule has 0 atom stereocenters. The lowest BCUT2D eigenvalue weighted by atomic mass is 10.1. The molecule has 0 unspecified atom stereocenters. The highest BCUT2D eigenvalue weighted by atomic mass is 35.5. The van der Waals surface area contributed by atoms with Crippen LogP contribution in [0.5, 0.6) is 0 Å². The fourth-order valence-corrected chi connectivity index (χ4v) is 2.93. The fraction of sp³-hybridized carbons (Fsp3) is 0.500. The number of piperidine rings is 1. The van der Waals surface area contributed by atoms with E-state index < -0.39 is 0 Å². The van der Waals surface area contributed by atoms with Crippen LogP contribution in [-0.2, 0) is 4.79 Å². The molecule has 1 fully saturated rings. The molecule has 0 spiro atoms. The van der Waals surface area contributed by atoms with Gasteiger partial charge < -0.3 is 10.6 Å². The van der Waals surface area contributed by atoms with E-state index in [4.69, 9.17) is 5.73 Å². The van der Waals surface area contributed by atoms with Crippen LogP contribution in [0.2, 0.25) is 0 Å². The van der Waals surface area contributed by atoms with Crippen LogP contribution in [0.3, 0.4) is 0 Å². The Labute approximate surface area is 129 Å². The van der Waals surface area contributed by atoms with E-state index in [-0.39, 0.29) is 30.2 Å². The molecule has 2 rings (SSSR count). The first-order valence-corrected chi connectivity index (χ1v) is 7.55. The van der Waals surface area contributed by atoms with Gasteiger partial charge in [0.1, 0.15) is 5.82 Å². The van der Waals surface area contributed by atoms with Crippen molar-refractivity contribution in [2.45, 2.75) is 30.2 Å². The number of hydrogen-bond donors (Lipinski definition) is 1. The first-order chi connectivity index (χ1) is 9.15. The molecular formula is C14H20ClFN2OS. The number of nitrogens with two attached hydrogens (primary N) is 1. The zero-order valence-corrected chi connectivity index (χ0v) is 12.9. The summed E-state index contributed by atoms with van der Waals surface area (Å²) in [6.45, 7) is 1.56. The lowest BCUT2D eigenvalue weighted by Crippen LogP contribution is -2.42. The van der Waals surface area contributed by atoms with Crippen molar-refractivity contribution in [2.24, 2.45) is 5.73 Å². The van der Waals surface area contributed by atoms with Gasteiger partial charge >= 0.3 is 0 Å². The smallest absolute Gasteiger partial charge is 0.223 e. The maximum absolute atomic E-state index is 12.7. The number of carbonyl (C=O) groups is 1. The van der Waals surface area contributed by atoms with Crippen LogP contribution in [0.4, 0.5) is 4.39 Å². The second kappa shape index (κ2) is 8.49. The first-order valence-electron chi connectivity index (χ1n) is 6.57. The maximum Gasteiger partial charge on any atom is 0.223 e. The Morgan fingerprint density at radius 3 is 2.50 bits per heavy atom. The minimum Gasteiger partial charge on any atom is -0.343 e. The Bertz CT molecular complexity index is 422. The van der Waals surface area contributed by atoms with Crippen LogP contribution in [0, 0.1) is 5.82 Å². The summed E-state index contributed by atoms with van der Waals surface area (Å²) in [6, 6.07) is 6.61. The number of likely N-dealkylation sites (tertiary alicyclic amines) is 1. The van der Waals surface area contributed by atoms with E-state index in [9.17, 15) is 9.18 Å². The molecular weight excluding hydrogens is 299 g/mol. The van der Waals surface area contributed by atoms with Gasteiger partial charge in [-0.1, -0.05) is 0 Å². The number of benzene rings is 1. The van der Waals surface area contributed by atoms with Gasteiger partial charge in [0.15, 0.2) is 0 Å². The van der Waals surface area contributed by atoms with Crippen molar-refractivity contribution >= 4 is 30.1 Å². The van der Waals surface area contributed by atoms with Gasteiger partial charge in [-0.05, 0) is 37.1 Å². The van der Waals surface area contributed by atoms with Crippen LogP contribution < -0.4 is 5.73 Å². The molecule has 1 aromatic carbocycles. The topological polar surface area (TPSA) is 46.3 Å². The van der Waals surface area contributed by atoms with E-state index in [0.717, 1.165) is 36.6 Å². The zero-order chi connectivity index (χ0) is 13.7. The Hall–Kier alpha value is -0.780. The molecule has 1 aromatic rings. The monoisotopic (exact) mass is 318 g/mol. The van der Waals surface area contributed by atoms with E-state index in [1.165, 1.54) is 12.1 Å². The number of amides is 1. The van der Waals surface area contributed by atoms with Crippen molar-refractivity contribution < 1.29 is 9.18 Å². The molecule has 1 saturated heterocycles. The summed E-state index contributed by atoms with van der Waals surface area (Å²) >= 11 is 1.58. The summed E-state index contributed by atoms with van der Waals surface area (Å²) in [5, 5.41) is 0. The van der Waals surface area contributed by atoms with Crippen molar-refractivity contribution in [3.05, 3.63) is 30.1 Å². The van der Waals surface area contributed by atoms with Crippen molar-refractivity contribution in [1.29, 1.82) is 0 Å². The van der Waals surface area contributed by atoms with Crippen molar-refractivity contribution in [3.8, 4) is 0 Å². The normalized spacial score (nSPS) is 15.8. The van der Waals surface area contributed by atoms with Crippen molar-refractivity contribution in [3.63, 3.8) is 0 Å². The van der Waals surface area contributed by atoms with E-state index in [1.54, 1.807) is 23.9 Å². The molecule has 1 heterocycles. The van der Waals surface area contributed by atoms with Gasteiger partial charge in [0.25, 0.3) is 0 Å². The van der Waals surface area contributed by atoms with Gasteiger partial charge in [-0.3, -0.25) is 4.79 Å². The molecule has 1 amide bonds. The van der Waals surface area contributed by atoms with Crippen LogP contribution in [0.25, 0.3) is 0 Å². The molecule has 0 aliphatic carbocycles. The molecule has 112 valence electrons. The standard InChI is InChI=1S/C14H19FN2OS.ClH/c15-11-1-3-13(4-2-11)19-10-7-14(18)17-8-5-12(16)6-9-17;/h1-4,12H,5-10,16H2;1H. The Morgan fingerprint density at radius 2 is 1.90 bits per heavy atom. The largest absolute Gasteiger partial charge is 0.343 e. The average Bonchev–Trinajstić information content (AvgIpc) is 2.41. The fourth-order valence-electron chi connectivity index (χ4n) is 2.09. The molecule has 1 aliphatic rings. The summed E-state index contributed by atoms with van der Waals surface area (Å²) < 4.78 is 12.7. The lowest BCUT2D eigenvalue weighted by molar-refractivity contribution is -0.131. The van der Waals surface area contributed by atoms with Gasteiger partial charge in [0.05, 0.1) is 0 Å². The van der Waals surface area contributed by atoms with Crippen LogP contribution in [0.15, 0.2) is 29.2 Å². The quantitative estimate of drug-likeness (QED) is 0.868. The summed E-state index contributed by atoms with van der Waals surface area (Å²) in [7, 11) is 0. The average molecular weight is 319 g/mol. The zero-order valence-electron chi connectivity index (χ0n) is 11.3. The van der Waals surface area contributed by atoms with Gasteiger partial charge in [-0.15, -0.1) is 24.2 Å². The Balaban J connectivity index is 0.00000200. The highest BCUT2D eigenvalue weighted by Crippen LogP contribution is 2.19. The molecule has 6 heteroatoms. The van der Waals surface area contributed by atoms with Gasteiger partial charge in [-0.25, -0.2) is 4.39 Å². The summed E-state index contributed by atoms with van der Waals surface area (Å²) in [5.74, 6) is 0.694. The number of halogens is 2. The minimum absolute atomic E-state index is 0. The van der Waals surface area contributed by atoms with Crippen LogP contribution in [-0.4, -0.2) is 35.7 Å². The predicted octanol–water partition coefficient (Wildman–Crippen LogP) is 2.68. The van der Waals surface area contributed by atoms with Crippen LogP contribution >= 0.6 is 24.2 Å². The van der Waals surface area contributed by atoms with Crippen molar-refractivity contribution in [2.75, 3.05) is 18.8 Å². The Kier molecular flexibility index (Phi) is 7.34. The molecule has 20 heavy (non-hydrogen) atoms. The molecule has 0 saturated carbocycles. The molecule has 1 aliphatic heterocycles. The van der Waals surface area contributed by atoms with Crippen molar-refractivity contribution in [1.82, 2.24) is 4.90 Å². The maximum atomic E-state index is 12.7. The van der Waals surface area contributed by atoms with E-state index >= 15 is 0 Å². The first kappa shape index (κ1) is 17.3. The summed E-state index contributed by atoms with van der Waals surface area (Å²) in [5.41, 5.74) is 5.81. The van der Waals surface area contributed by atoms with E-state index in [2.05, 4.69) is 0 Å². The minimum atomic E-state index is -0.231. The third-order valence-corrected chi connectivity index (χ3v) is 4.30. The highest BCUT2D eigenvalue weighted by Gasteiger charge is 2.19. The second-order valence-electron chi connectivity index (χ2n) is 4.77. The Morgan fingerprint density at radius 1 is 1.30 bits per heavy atom. The predicted molar refractivity (Wildman–Crippen MR) is 82.8 cm³/mol. The third kappa shape index (κ3) is 5.31. The molecule has 0 aromatic heterocycles. The summed E-state index contributed by atoms with van der Waals surface area (Å²) in [4.78, 5) is 14.9. The van der Waals surface area contributed by atoms with Gasteiger partial charge in [-0.2, -0.15) is 0 Å². The second-order valence-corrected chi connectivity index (χ2v) is 5.94. The lowest BCUT2D eigenvalue weighted by Gasteiger charge is -2.30. The number of nitrogens with zero attached hydrogens (tertiary/aromatic N) is 1. The number of hydrogen-bond acceptors (Lipinski definition) is 3. The molecule has 0 radical (unpaired) electrons. The number of carbonyl (C=O) groups excluding carboxylic acids is 1. The summed E-state index contributed by atoms with van der Waals surface area (Å²) in [6.07, 6.45) is 2.32. The number of thioether (sulfide) groups is 1. The molecule has 0 bridgehead atoms. The SMILES string of the molecule is Cl.NC1CCN(C(=O)CCSc2ccc(F)cc2)CC1. The molecule has 3 nitrogen and oxygen atoms in total. The van der Waals surface area contributed by atoms with Gasteiger partial charge in [0.2, 0.25) is 5.91 Å². The molecule has 2 N–H and O–H groups in total. The van der Waals surface area contributed by atoms with Crippen LogP contribution in [0.1, 0.15) is 19.3 Å². The van der Waals surface area contributed by atoms with E-state index in [0.29, 0.717) is 6.42 Å². The van der Waals surface area contributed by atoms with Gasteiger partial charge in [0, 0.05) is 36.2 Å².